The van der Waals surface area contributed by atoms with E-state index in [1.807, 2.05) is 0 Å². The highest BCUT2D eigenvalue weighted by Gasteiger charge is 2.18. The highest BCUT2D eigenvalue weighted by Crippen LogP contribution is 2.14. The minimum atomic E-state index is -0.452. The van der Waals surface area contributed by atoms with Gasteiger partial charge in [-0.15, -0.1) is 0 Å². The van der Waals surface area contributed by atoms with E-state index in [2.05, 4.69) is 13.8 Å². The van der Waals surface area contributed by atoms with Gasteiger partial charge in [-0.05, 0) is 25.0 Å². The summed E-state index contributed by atoms with van der Waals surface area (Å²) in [5.74, 6) is -0.896. The van der Waals surface area contributed by atoms with Crippen molar-refractivity contribution in [3.8, 4) is 0 Å². The van der Waals surface area contributed by atoms with E-state index in [0.29, 0.717) is 18.8 Å². The molecule has 0 aliphatic heterocycles. The number of benzene rings is 1. The number of rotatable bonds is 16. The molecular formula is C24H38O4. The lowest BCUT2D eigenvalue weighted by Crippen LogP contribution is -2.15. The van der Waals surface area contributed by atoms with Crippen LogP contribution in [0.1, 0.15) is 112 Å². The molecule has 0 spiro atoms. The molecular weight excluding hydrogens is 352 g/mol. The van der Waals surface area contributed by atoms with E-state index in [0.717, 1.165) is 32.1 Å². The predicted molar refractivity (Wildman–Crippen MR) is 114 cm³/mol. The molecule has 0 N–H and O–H groups in total. The maximum absolute atomic E-state index is 12.4. The van der Waals surface area contributed by atoms with Gasteiger partial charge in [-0.2, -0.15) is 0 Å². The second kappa shape index (κ2) is 16.1. The molecule has 0 aliphatic rings. The Labute approximate surface area is 171 Å². The van der Waals surface area contributed by atoms with Crippen LogP contribution < -0.4 is 0 Å². The van der Waals surface area contributed by atoms with Gasteiger partial charge in [0, 0.05) is 0 Å². The topological polar surface area (TPSA) is 52.6 Å². The quantitative estimate of drug-likeness (QED) is 0.232. The van der Waals surface area contributed by atoms with Crippen molar-refractivity contribution in [1.82, 2.24) is 0 Å². The molecule has 0 heterocycles. The Bertz CT molecular complexity index is 553. The van der Waals surface area contributed by atoms with Crippen LogP contribution in [-0.2, 0) is 9.47 Å². The van der Waals surface area contributed by atoms with E-state index in [1.165, 1.54) is 44.9 Å². The van der Waals surface area contributed by atoms with Gasteiger partial charge < -0.3 is 9.47 Å². The molecule has 0 radical (unpaired) electrons. The Morgan fingerprint density at radius 2 is 0.964 bits per heavy atom. The Morgan fingerprint density at radius 3 is 1.43 bits per heavy atom. The molecule has 4 nitrogen and oxygen atoms in total. The van der Waals surface area contributed by atoms with Crippen molar-refractivity contribution in [2.75, 3.05) is 13.2 Å². The molecule has 158 valence electrons. The third kappa shape index (κ3) is 10.5. The van der Waals surface area contributed by atoms with Crippen molar-refractivity contribution in [3.05, 3.63) is 35.4 Å². The summed E-state index contributed by atoms with van der Waals surface area (Å²) in [7, 11) is 0. The number of ether oxygens (including phenoxy) is 2. The van der Waals surface area contributed by atoms with E-state index >= 15 is 0 Å². The SMILES string of the molecule is CCCCCCCCCCCOC(=O)c1ccccc1C(=O)OCCCCC. The molecule has 28 heavy (non-hydrogen) atoms. The summed E-state index contributed by atoms with van der Waals surface area (Å²) < 4.78 is 10.7. The monoisotopic (exact) mass is 390 g/mol. The fourth-order valence-electron chi connectivity index (χ4n) is 3.09. The molecule has 1 rings (SSSR count). The van der Waals surface area contributed by atoms with Gasteiger partial charge in [-0.3, -0.25) is 0 Å². The molecule has 1 aromatic rings. The summed E-state index contributed by atoms with van der Waals surface area (Å²) in [5, 5.41) is 0. The predicted octanol–water partition coefficient (Wildman–Crippen LogP) is 6.72. The van der Waals surface area contributed by atoms with E-state index in [-0.39, 0.29) is 5.56 Å². The van der Waals surface area contributed by atoms with Crippen LogP contribution in [0.2, 0.25) is 0 Å². The smallest absolute Gasteiger partial charge is 0.339 e. The molecule has 0 aliphatic carbocycles. The number of unbranched alkanes of at least 4 members (excludes halogenated alkanes) is 10. The van der Waals surface area contributed by atoms with Crippen LogP contribution in [0.4, 0.5) is 0 Å². The summed E-state index contributed by atoms with van der Waals surface area (Å²) >= 11 is 0. The second-order valence-electron chi connectivity index (χ2n) is 7.35. The van der Waals surface area contributed by atoms with Crippen LogP contribution in [0.15, 0.2) is 24.3 Å². The number of hydrogen-bond donors (Lipinski definition) is 0. The van der Waals surface area contributed by atoms with Gasteiger partial charge >= 0.3 is 11.9 Å². The fraction of sp³-hybridized carbons (Fsp3) is 0.667. The summed E-state index contributed by atoms with van der Waals surface area (Å²) in [6.07, 6.45) is 13.9. The number of carbonyl (C=O) groups excluding carboxylic acids is 2. The van der Waals surface area contributed by atoms with Gasteiger partial charge in [0.15, 0.2) is 0 Å². The average molecular weight is 391 g/mol. The first-order chi connectivity index (χ1) is 13.7. The molecule has 0 unspecified atom stereocenters. The number of hydrogen-bond acceptors (Lipinski definition) is 4. The molecule has 0 fully saturated rings. The lowest BCUT2D eigenvalue weighted by molar-refractivity contribution is 0.0450. The second-order valence-corrected chi connectivity index (χ2v) is 7.35. The Kier molecular flexibility index (Phi) is 14.0. The third-order valence-corrected chi connectivity index (χ3v) is 4.83. The zero-order chi connectivity index (χ0) is 20.5. The van der Waals surface area contributed by atoms with Crippen LogP contribution in [0.5, 0.6) is 0 Å². The van der Waals surface area contributed by atoms with Gasteiger partial charge in [-0.25, -0.2) is 9.59 Å². The van der Waals surface area contributed by atoms with E-state index in [4.69, 9.17) is 9.47 Å². The highest BCUT2D eigenvalue weighted by molar-refractivity contribution is 6.03. The molecule has 0 bridgehead atoms. The minimum absolute atomic E-state index is 0.288. The maximum atomic E-state index is 12.4. The summed E-state index contributed by atoms with van der Waals surface area (Å²) in [4.78, 5) is 24.6. The molecule has 0 saturated carbocycles. The van der Waals surface area contributed by atoms with Crippen molar-refractivity contribution in [1.29, 1.82) is 0 Å². The van der Waals surface area contributed by atoms with Gasteiger partial charge in [0.2, 0.25) is 0 Å². The van der Waals surface area contributed by atoms with Gasteiger partial charge in [0.1, 0.15) is 0 Å². The van der Waals surface area contributed by atoms with Crippen molar-refractivity contribution in [3.63, 3.8) is 0 Å². The number of carbonyl (C=O) groups is 2. The van der Waals surface area contributed by atoms with Gasteiger partial charge in [-0.1, -0.05) is 90.2 Å². The first-order valence-electron chi connectivity index (χ1n) is 11.1. The summed E-state index contributed by atoms with van der Waals surface area (Å²) in [5.41, 5.74) is 0.579. The zero-order valence-corrected chi connectivity index (χ0v) is 17.8. The van der Waals surface area contributed by atoms with Gasteiger partial charge in [0.05, 0.1) is 24.3 Å². The summed E-state index contributed by atoms with van der Waals surface area (Å²) in [6.45, 7) is 5.11. The van der Waals surface area contributed by atoms with Crippen LogP contribution in [-0.4, -0.2) is 25.2 Å². The summed E-state index contributed by atoms with van der Waals surface area (Å²) in [6, 6.07) is 6.72. The Balaban J connectivity index is 2.28. The van der Waals surface area contributed by atoms with Crippen LogP contribution in [0, 0.1) is 0 Å². The average Bonchev–Trinajstić information content (AvgIpc) is 2.72. The van der Waals surface area contributed by atoms with E-state index in [1.54, 1.807) is 24.3 Å². The van der Waals surface area contributed by atoms with E-state index in [9.17, 15) is 9.59 Å². The largest absolute Gasteiger partial charge is 0.462 e. The molecule has 0 saturated heterocycles. The standard InChI is InChI=1S/C24H38O4/c1-3-5-7-8-9-10-11-12-16-20-28-24(26)22-18-14-13-17-21(22)23(25)27-19-15-6-4-2/h13-14,17-18H,3-12,15-16,19-20H2,1-2H3. The Morgan fingerprint density at radius 1 is 0.607 bits per heavy atom. The van der Waals surface area contributed by atoms with Crippen molar-refractivity contribution >= 4 is 11.9 Å². The first-order valence-corrected chi connectivity index (χ1v) is 11.1. The first kappa shape index (κ1) is 24.2. The van der Waals surface area contributed by atoms with Crippen LogP contribution >= 0.6 is 0 Å². The van der Waals surface area contributed by atoms with Crippen molar-refractivity contribution in [2.24, 2.45) is 0 Å². The lowest BCUT2D eigenvalue weighted by Gasteiger charge is -2.10. The maximum Gasteiger partial charge on any atom is 0.339 e. The van der Waals surface area contributed by atoms with Crippen molar-refractivity contribution in [2.45, 2.75) is 90.9 Å². The Hall–Kier alpha value is -1.84. The molecule has 0 amide bonds. The molecule has 0 aromatic heterocycles. The fourth-order valence-corrected chi connectivity index (χ4v) is 3.09. The minimum Gasteiger partial charge on any atom is -0.462 e. The van der Waals surface area contributed by atoms with E-state index < -0.39 is 11.9 Å². The number of esters is 2. The zero-order valence-electron chi connectivity index (χ0n) is 17.8. The van der Waals surface area contributed by atoms with Crippen LogP contribution in [0.3, 0.4) is 0 Å². The highest BCUT2D eigenvalue weighted by atomic mass is 16.5. The lowest BCUT2D eigenvalue weighted by atomic mass is 10.1. The molecule has 0 atom stereocenters. The van der Waals surface area contributed by atoms with Gasteiger partial charge in [0.25, 0.3) is 0 Å². The van der Waals surface area contributed by atoms with Crippen molar-refractivity contribution < 1.29 is 19.1 Å². The normalized spacial score (nSPS) is 10.6. The van der Waals surface area contributed by atoms with Crippen LogP contribution in [0.25, 0.3) is 0 Å². The molecule has 4 heteroatoms. The molecule has 1 aromatic carbocycles. The third-order valence-electron chi connectivity index (χ3n) is 4.83.